The number of ether oxygens (including phenoxy) is 1. The molecule has 46 heavy (non-hydrogen) atoms. The molecule has 0 amide bonds. The molecule has 0 spiro atoms. The molecule has 3 aromatic carbocycles. The monoisotopic (exact) mass is 722 g/mol. The Bertz CT molecular complexity index is 1830. The SMILES string of the molecule is CCCC(CC/B=S(/O)c1ccccc1[N+](=O)[O-])c1onc(-c2c(Cl)cc(Cl)cc2Cl)c1C(=O)Oc1c(F)c(F)c(F)c(F)c1F. The summed E-state index contributed by atoms with van der Waals surface area (Å²) in [6.07, 6.45) is 2.46. The van der Waals surface area contributed by atoms with Crippen molar-refractivity contribution in [2.75, 3.05) is 0 Å². The Hall–Kier alpha value is -3.37. The van der Waals surface area contributed by atoms with Crippen LogP contribution in [0.2, 0.25) is 21.4 Å². The summed E-state index contributed by atoms with van der Waals surface area (Å²) in [4.78, 5) is 24.4. The zero-order valence-corrected chi connectivity index (χ0v) is 26.3. The van der Waals surface area contributed by atoms with E-state index in [1.807, 2.05) is 0 Å². The average Bonchev–Trinajstić information content (AvgIpc) is 3.44. The van der Waals surface area contributed by atoms with E-state index in [-0.39, 0.29) is 55.4 Å². The first-order valence-corrected chi connectivity index (χ1v) is 15.5. The van der Waals surface area contributed by atoms with Crippen LogP contribution in [0.25, 0.3) is 11.3 Å². The summed E-state index contributed by atoms with van der Waals surface area (Å²) in [6.45, 7) is 1.79. The molecule has 1 N–H and O–H groups in total. The van der Waals surface area contributed by atoms with Crippen LogP contribution in [-0.4, -0.2) is 26.8 Å². The van der Waals surface area contributed by atoms with Crippen LogP contribution >= 0.6 is 45.4 Å². The fraction of sp³-hybridized carbons (Fsp3) is 0.214. The molecule has 242 valence electrons. The molecule has 0 aliphatic heterocycles. The third kappa shape index (κ3) is 7.28. The van der Waals surface area contributed by atoms with Crippen molar-refractivity contribution in [1.29, 1.82) is 0 Å². The Morgan fingerprint density at radius 2 is 1.63 bits per heavy atom. The molecule has 0 bridgehead atoms. The number of hydrogen-bond acceptors (Lipinski definition) is 7. The van der Waals surface area contributed by atoms with E-state index >= 15 is 0 Å². The normalized spacial score (nSPS) is 12.6. The van der Waals surface area contributed by atoms with E-state index in [4.69, 9.17) is 44.1 Å². The molecule has 1 aromatic heterocycles. The topological polar surface area (TPSA) is 116 Å². The Morgan fingerprint density at radius 1 is 1.04 bits per heavy atom. The van der Waals surface area contributed by atoms with E-state index in [9.17, 15) is 41.4 Å². The van der Waals surface area contributed by atoms with Crippen molar-refractivity contribution in [3.05, 3.63) is 102 Å². The standard InChI is InChI=1S/C28H19BCl3F5N2O6S/c1-2-5-12(8-9-29-46(43)17-7-4-3-6-16(17)39(41)42)26-19(25(38-45-26)18-14(31)10-13(30)11-15(18)32)28(40)44-27-23(36)21(34)20(33)22(35)24(27)37/h3-4,6-7,10-12,43H,2,5,8-9H2,1H3. The second kappa shape index (κ2) is 15.0. The maximum absolute atomic E-state index is 14.5. The number of rotatable bonds is 11. The van der Waals surface area contributed by atoms with Crippen LogP contribution in [0.1, 0.15) is 48.2 Å². The molecule has 0 aliphatic carbocycles. The number of halogens is 8. The van der Waals surface area contributed by atoms with Crippen molar-refractivity contribution in [2.24, 2.45) is 0 Å². The van der Waals surface area contributed by atoms with Gasteiger partial charge in [-0.3, -0.25) is 0 Å². The van der Waals surface area contributed by atoms with Crippen LogP contribution in [0.5, 0.6) is 5.75 Å². The summed E-state index contributed by atoms with van der Waals surface area (Å²) in [6, 6.07) is 8.12. The van der Waals surface area contributed by atoms with Gasteiger partial charge in [-0.15, -0.1) is 0 Å². The van der Waals surface area contributed by atoms with Gasteiger partial charge < -0.3 is 0 Å². The van der Waals surface area contributed by atoms with Crippen molar-refractivity contribution in [1.82, 2.24) is 5.16 Å². The second-order valence-corrected chi connectivity index (χ2v) is 12.2. The third-order valence-corrected chi connectivity index (χ3v) is 8.78. The van der Waals surface area contributed by atoms with Crippen molar-refractivity contribution in [3.63, 3.8) is 0 Å². The number of carbonyl (C=O) groups is 1. The van der Waals surface area contributed by atoms with Crippen molar-refractivity contribution in [3.8, 4) is 17.0 Å². The molecule has 2 atom stereocenters. The Balaban J connectivity index is 1.80. The summed E-state index contributed by atoms with van der Waals surface area (Å²) in [7, 11) is -1.66. The van der Waals surface area contributed by atoms with E-state index in [1.165, 1.54) is 42.6 Å². The number of hydrogen-bond donors (Lipinski definition) is 1. The maximum atomic E-state index is 14.5. The van der Waals surface area contributed by atoms with Gasteiger partial charge >= 0.3 is 276 Å². The molecule has 1 heterocycles. The van der Waals surface area contributed by atoms with Gasteiger partial charge in [0.25, 0.3) is 0 Å². The van der Waals surface area contributed by atoms with Gasteiger partial charge in [-0.1, -0.05) is 0 Å². The first-order chi connectivity index (χ1) is 21.8. The zero-order chi connectivity index (χ0) is 33.9. The van der Waals surface area contributed by atoms with Crippen LogP contribution in [0.3, 0.4) is 0 Å². The quantitative estimate of drug-likeness (QED) is 0.0239. The number of carbonyl (C=O) groups excluding carboxylic acids is 1. The molecule has 0 saturated carbocycles. The van der Waals surface area contributed by atoms with Gasteiger partial charge in [-0.2, -0.15) is 0 Å². The molecule has 0 radical (unpaired) electrons. The van der Waals surface area contributed by atoms with Crippen molar-refractivity contribution < 1.29 is 45.5 Å². The molecule has 0 fully saturated rings. The van der Waals surface area contributed by atoms with Crippen LogP contribution in [-0.2, 0) is 0 Å². The number of aromatic nitrogens is 1. The van der Waals surface area contributed by atoms with Gasteiger partial charge in [0.2, 0.25) is 0 Å². The predicted molar refractivity (Wildman–Crippen MR) is 163 cm³/mol. The van der Waals surface area contributed by atoms with E-state index in [2.05, 4.69) is 5.16 Å². The number of esters is 1. The zero-order valence-electron chi connectivity index (χ0n) is 23.3. The average molecular weight is 724 g/mol. The molecule has 2 unspecified atom stereocenters. The van der Waals surface area contributed by atoms with Gasteiger partial charge in [0, 0.05) is 0 Å². The van der Waals surface area contributed by atoms with E-state index < -0.39 is 67.8 Å². The number of nitro benzene ring substituents is 1. The van der Waals surface area contributed by atoms with Gasteiger partial charge in [0.1, 0.15) is 0 Å². The molecule has 8 nitrogen and oxygen atoms in total. The van der Waals surface area contributed by atoms with Crippen LogP contribution in [0.4, 0.5) is 27.6 Å². The number of nitro groups is 1. The minimum atomic E-state index is -2.45. The molecule has 4 aromatic rings. The first-order valence-electron chi connectivity index (χ1n) is 13.1. The molecule has 18 heteroatoms. The summed E-state index contributed by atoms with van der Waals surface area (Å²) >= 11 is 18.7. The molecule has 4 rings (SSSR count). The van der Waals surface area contributed by atoms with E-state index in [1.54, 1.807) is 6.92 Å². The molecular formula is C28H19BCl3F5N2O6S. The van der Waals surface area contributed by atoms with Gasteiger partial charge in [0.15, 0.2) is 0 Å². The Morgan fingerprint density at radius 3 is 2.22 bits per heavy atom. The summed E-state index contributed by atoms with van der Waals surface area (Å²) in [5.41, 5.74) is -1.34. The van der Waals surface area contributed by atoms with Crippen LogP contribution < -0.4 is 4.74 Å². The summed E-state index contributed by atoms with van der Waals surface area (Å²) in [5, 5.41) is 15.1. The van der Waals surface area contributed by atoms with Crippen LogP contribution in [0.15, 0.2) is 45.8 Å². The second-order valence-electron chi connectivity index (χ2n) is 9.57. The fourth-order valence-electron chi connectivity index (χ4n) is 4.55. The predicted octanol–water partition coefficient (Wildman–Crippen LogP) is 10.2. The van der Waals surface area contributed by atoms with Gasteiger partial charge in [-0.25, -0.2) is 0 Å². The van der Waals surface area contributed by atoms with E-state index in [0.29, 0.717) is 12.8 Å². The number of benzene rings is 3. The summed E-state index contributed by atoms with van der Waals surface area (Å²) < 4.78 is 91.3. The van der Waals surface area contributed by atoms with Gasteiger partial charge in [0.05, 0.1) is 0 Å². The Labute approximate surface area is 275 Å². The van der Waals surface area contributed by atoms with Crippen LogP contribution in [0, 0.1) is 39.2 Å². The fourth-order valence-corrected chi connectivity index (χ4v) is 6.66. The minimum absolute atomic E-state index is 0.0700. The summed E-state index contributed by atoms with van der Waals surface area (Å²) in [5.74, 6) is -16.3. The number of para-hydroxylation sites is 1. The van der Waals surface area contributed by atoms with Crippen molar-refractivity contribution in [2.45, 2.75) is 43.3 Å². The molecule has 0 saturated heterocycles. The van der Waals surface area contributed by atoms with Crippen molar-refractivity contribution >= 4 is 63.2 Å². The Kier molecular flexibility index (Phi) is 11.6. The van der Waals surface area contributed by atoms with E-state index in [0.717, 1.165) is 0 Å². The first kappa shape index (κ1) is 35.5. The third-order valence-electron chi connectivity index (χ3n) is 6.62. The molecular weight excluding hydrogens is 705 g/mol. The molecule has 0 aliphatic rings. The van der Waals surface area contributed by atoms with Gasteiger partial charge in [-0.05, 0) is 0 Å². The number of nitrogens with zero attached hydrogens (tertiary/aromatic N) is 2.